The Kier molecular flexibility index (Phi) is 3.77. The van der Waals surface area contributed by atoms with Crippen LogP contribution in [0.4, 0.5) is 0 Å². The molecule has 0 heterocycles. The molecule has 0 aromatic rings. The summed E-state index contributed by atoms with van der Waals surface area (Å²) >= 11 is 0. The van der Waals surface area contributed by atoms with E-state index in [1.807, 2.05) is 0 Å². The van der Waals surface area contributed by atoms with Gasteiger partial charge in [0.15, 0.2) is 0 Å². The Morgan fingerprint density at radius 2 is 2.12 bits per heavy atom. The van der Waals surface area contributed by atoms with Crippen molar-refractivity contribution in [3.05, 3.63) is 0 Å². The zero-order chi connectivity index (χ0) is 6.57. The lowest BCUT2D eigenvalue weighted by Gasteiger charge is -2.11. The molecular formula is C5H14N2O. The molecule has 0 aromatic heterocycles. The van der Waals surface area contributed by atoms with Crippen molar-refractivity contribution in [2.75, 3.05) is 6.54 Å². The third-order valence-corrected chi connectivity index (χ3v) is 1.07. The van der Waals surface area contributed by atoms with E-state index >= 15 is 0 Å². The highest BCUT2D eigenvalue weighted by atomic mass is 16.3. The predicted octanol–water partition coefficient (Wildman–Crippen LogP) is -0.957. The van der Waals surface area contributed by atoms with Crippen molar-refractivity contribution in [1.82, 2.24) is 0 Å². The first kappa shape index (κ1) is 7.88. The van der Waals surface area contributed by atoms with Crippen molar-refractivity contribution < 1.29 is 5.11 Å². The topological polar surface area (TPSA) is 72.3 Å². The lowest BCUT2D eigenvalue weighted by Crippen LogP contribution is -2.32. The molecule has 5 N–H and O–H groups in total. The minimum atomic E-state index is -0.431. The van der Waals surface area contributed by atoms with Gasteiger partial charge in [-0.15, -0.1) is 0 Å². The van der Waals surface area contributed by atoms with Crippen molar-refractivity contribution in [2.24, 2.45) is 11.5 Å². The van der Waals surface area contributed by atoms with Crippen LogP contribution >= 0.6 is 0 Å². The number of hydrogen-bond donors (Lipinski definition) is 3. The lowest BCUT2D eigenvalue weighted by molar-refractivity contribution is 0.144. The Balaban J connectivity index is 3.17. The molecule has 8 heavy (non-hydrogen) atoms. The van der Waals surface area contributed by atoms with Crippen LogP contribution in [0.1, 0.15) is 13.3 Å². The van der Waals surface area contributed by atoms with E-state index < -0.39 is 6.10 Å². The van der Waals surface area contributed by atoms with Gasteiger partial charge in [0, 0.05) is 6.04 Å². The van der Waals surface area contributed by atoms with Crippen LogP contribution in [0.25, 0.3) is 0 Å². The van der Waals surface area contributed by atoms with Crippen LogP contribution in [0.2, 0.25) is 0 Å². The fraction of sp³-hybridized carbons (Fsp3) is 1.00. The second-order valence-corrected chi connectivity index (χ2v) is 2.00. The van der Waals surface area contributed by atoms with Crippen molar-refractivity contribution in [3.8, 4) is 0 Å². The average Bonchev–Trinajstić information content (AvgIpc) is 1.67. The van der Waals surface area contributed by atoms with E-state index in [0.29, 0.717) is 13.0 Å². The molecule has 0 radical (unpaired) electrons. The van der Waals surface area contributed by atoms with E-state index in [1.54, 1.807) is 6.92 Å². The predicted molar refractivity (Wildman–Crippen MR) is 33.3 cm³/mol. The molecule has 0 aromatic carbocycles. The standard InChI is InChI=1S/C5H14N2O/c1-4(7)5(8)2-3-6/h4-5,8H,2-3,6-7H2,1H3/t4-,5+/m0/s1. The van der Waals surface area contributed by atoms with Crippen LogP contribution in [0.15, 0.2) is 0 Å². The largest absolute Gasteiger partial charge is 0.391 e. The third-order valence-electron chi connectivity index (χ3n) is 1.07. The first-order valence-electron chi connectivity index (χ1n) is 2.82. The van der Waals surface area contributed by atoms with Gasteiger partial charge in [0.25, 0.3) is 0 Å². The Hall–Kier alpha value is -0.120. The molecule has 0 saturated carbocycles. The normalized spacial score (nSPS) is 18.0. The van der Waals surface area contributed by atoms with Gasteiger partial charge in [-0.05, 0) is 19.9 Å². The van der Waals surface area contributed by atoms with Gasteiger partial charge in [0.1, 0.15) is 0 Å². The van der Waals surface area contributed by atoms with Crippen molar-refractivity contribution >= 4 is 0 Å². The summed E-state index contributed by atoms with van der Waals surface area (Å²) in [5.41, 5.74) is 10.5. The van der Waals surface area contributed by atoms with E-state index in [-0.39, 0.29) is 6.04 Å². The van der Waals surface area contributed by atoms with Gasteiger partial charge >= 0.3 is 0 Å². The van der Waals surface area contributed by atoms with Gasteiger partial charge in [-0.2, -0.15) is 0 Å². The molecule has 2 atom stereocenters. The van der Waals surface area contributed by atoms with Gasteiger partial charge in [-0.25, -0.2) is 0 Å². The molecule has 3 heteroatoms. The van der Waals surface area contributed by atoms with Crippen LogP contribution in [0, 0.1) is 0 Å². The van der Waals surface area contributed by atoms with Crippen LogP contribution in [0.5, 0.6) is 0 Å². The second kappa shape index (κ2) is 3.83. The van der Waals surface area contributed by atoms with Crippen LogP contribution in [-0.4, -0.2) is 23.8 Å². The summed E-state index contributed by atoms with van der Waals surface area (Å²) in [5, 5.41) is 8.92. The SMILES string of the molecule is C[C@H](N)[C@H](O)CCN. The smallest absolute Gasteiger partial charge is 0.0700 e. The molecule has 50 valence electrons. The van der Waals surface area contributed by atoms with Crippen molar-refractivity contribution in [3.63, 3.8) is 0 Å². The molecule has 0 aliphatic rings. The van der Waals surface area contributed by atoms with Gasteiger partial charge in [0.2, 0.25) is 0 Å². The second-order valence-electron chi connectivity index (χ2n) is 2.00. The number of aliphatic hydroxyl groups is 1. The maximum atomic E-state index is 8.92. The molecule has 0 aliphatic carbocycles. The minimum absolute atomic E-state index is 0.154. The first-order valence-corrected chi connectivity index (χ1v) is 2.82. The van der Waals surface area contributed by atoms with Gasteiger partial charge in [0.05, 0.1) is 6.10 Å². The van der Waals surface area contributed by atoms with E-state index in [1.165, 1.54) is 0 Å². The van der Waals surface area contributed by atoms with Crippen LogP contribution in [0.3, 0.4) is 0 Å². The number of rotatable bonds is 3. The molecule has 3 nitrogen and oxygen atoms in total. The Labute approximate surface area is 49.7 Å². The van der Waals surface area contributed by atoms with Gasteiger partial charge in [-0.3, -0.25) is 0 Å². The Morgan fingerprint density at radius 3 is 2.25 bits per heavy atom. The Bertz CT molecular complexity index is 56.4. The highest BCUT2D eigenvalue weighted by Crippen LogP contribution is 1.91. The number of hydrogen-bond acceptors (Lipinski definition) is 3. The minimum Gasteiger partial charge on any atom is -0.391 e. The lowest BCUT2D eigenvalue weighted by atomic mass is 10.1. The van der Waals surface area contributed by atoms with E-state index in [2.05, 4.69) is 0 Å². The van der Waals surface area contributed by atoms with Crippen LogP contribution in [-0.2, 0) is 0 Å². The number of nitrogens with two attached hydrogens (primary N) is 2. The summed E-state index contributed by atoms with van der Waals surface area (Å²) in [6.07, 6.45) is 0.164. The maximum absolute atomic E-state index is 8.92. The molecule has 0 amide bonds. The highest BCUT2D eigenvalue weighted by molar-refractivity contribution is 4.65. The molecule has 0 fully saturated rings. The fourth-order valence-corrected chi connectivity index (χ4v) is 0.434. The van der Waals surface area contributed by atoms with Crippen molar-refractivity contribution in [2.45, 2.75) is 25.5 Å². The van der Waals surface area contributed by atoms with Crippen LogP contribution < -0.4 is 11.5 Å². The van der Waals surface area contributed by atoms with E-state index in [9.17, 15) is 0 Å². The fourth-order valence-electron chi connectivity index (χ4n) is 0.434. The first-order chi connectivity index (χ1) is 3.68. The summed E-state index contributed by atoms with van der Waals surface area (Å²) in [6, 6.07) is -0.154. The number of aliphatic hydroxyl groups excluding tert-OH is 1. The summed E-state index contributed by atoms with van der Waals surface area (Å²) in [5.74, 6) is 0. The summed E-state index contributed by atoms with van der Waals surface area (Å²) in [6.45, 7) is 2.27. The summed E-state index contributed by atoms with van der Waals surface area (Å²) in [7, 11) is 0. The maximum Gasteiger partial charge on any atom is 0.0700 e. The highest BCUT2D eigenvalue weighted by Gasteiger charge is 2.06. The third kappa shape index (κ3) is 2.96. The monoisotopic (exact) mass is 118 g/mol. The van der Waals surface area contributed by atoms with Gasteiger partial charge < -0.3 is 16.6 Å². The molecule has 0 rings (SSSR count). The molecule has 0 spiro atoms. The molecular weight excluding hydrogens is 104 g/mol. The summed E-state index contributed by atoms with van der Waals surface area (Å²) < 4.78 is 0. The average molecular weight is 118 g/mol. The van der Waals surface area contributed by atoms with E-state index in [0.717, 1.165) is 0 Å². The van der Waals surface area contributed by atoms with E-state index in [4.69, 9.17) is 16.6 Å². The quantitative estimate of drug-likeness (QED) is 0.447. The zero-order valence-electron chi connectivity index (χ0n) is 5.17. The van der Waals surface area contributed by atoms with Crippen molar-refractivity contribution in [1.29, 1.82) is 0 Å². The molecule has 0 bridgehead atoms. The molecule has 0 aliphatic heterocycles. The summed E-state index contributed by atoms with van der Waals surface area (Å²) in [4.78, 5) is 0. The molecule has 0 saturated heterocycles. The van der Waals surface area contributed by atoms with Gasteiger partial charge in [-0.1, -0.05) is 0 Å². The zero-order valence-corrected chi connectivity index (χ0v) is 5.17. The molecule has 0 unspecified atom stereocenters. The Morgan fingerprint density at radius 1 is 1.62 bits per heavy atom.